The molecule has 4 nitrogen and oxygen atoms in total. The molecule has 2 aromatic rings. The van der Waals surface area contributed by atoms with E-state index in [2.05, 4.69) is 45.3 Å². The van der Waals surface area contributed by atoms with Gasteiger partial charge in [0.05, 0.1) is 12.3 Å². The number of fused-ring (bicyclic) bond motifs is 2. The van der Waals surface area contributed by atoms with E-state index in [1.165, 1.54) is 23.4 Å². The Bertz CT molecular complexity index is 868. The first-order chi connectivity index (χ1) is 12.8. The maximum absolute atomic E-state index is 5.53. The molecule has 2 aliphatic carbocycles. The SMILES string of the molecule is CCOc1ccc(-c2nc(N/N=C3/C[C@@H]4CC[C@@]3(C)C4(C)C)sc2C)cc1. The molecule has 0 unspecified atom stereocenters. The van der Waals surface area contributed by atoms with Crippen LogP contribution in [0.25, 0.3) is 11.3 Å². The monoisotopic (exact) mass is 383 g/mol. The lowest BCUT2D eigenvalue weighted by molar-refractivity contribution is 0.194. The van der Waals surface area contributed by atoms with E-state index in [4.69, 9.17) is 14.8 Å². The first-order valence-corrected chi connectivity index (χ1v) is 10.7. The van der Waals surface area contributed by atoms with Crippen LogP contribution in [0.1, 0.15) is 51.8 Å². The number of anilines is 1. The van der Waals surface area contributed by atoms with Crippen molar-refractivity contribution in [3.8, 4) is 17.0 Å². The van der Waals surface area contributed by atoms with Crippen molar-refractivity contribution in [2.75, 3.05) is 12.0 Å². The number of aromatic nitrogens is 1. The molecule has 144 valence electrons. The van der Waals surface area contributed by atoms with Gasteiger partial charge in [-0.1, -0.05) is 20.8 Å². The summed E-state index contributed by atoms with van der Waals surface area (Å²) >= 11 is 1.67. The molecule has 1 aromatic heterocycles. The molecule has 1 aromatic carbocycles. The van der Waals surface area contributed by atoms with E-state index in [0.29, 0.717) is 12.0 Å². The van der Waals surface area contributed by atoms with Crippen molar-refractivity contribution < 1.29 is 4.74 Å². The van der Waals surface area contributed by atoms with E-state index < -0.39 is 0 Å². The van der Waals surface area contributed by atoms with Crippen LogP contribution in [0, 0.1) is 23.7 Å². The van der Waals surface area contributed by atoms with Gasteiger partial charge in [-0.15, -0.1) is 11.3 Å². The van der Waals surface area contributed by atoms with Gasteiger partial charge >= 0.3 is 0 Å². The van der Waals surface area contributed by atoms with Crippen LogP contribution < -0.4 is 10.2 Å². The largest absolute Gasteiger partial charge is 0.494 e. The molecular formula is C22H29N3OS. The predicted molar refractivity (Wildman–Crippen MR) is 114 cm³/mol. The van der Waals surface area contributed by atoms with Crippen LogP contribution in [-0.2, 0) is 0 Å². The smallest absolute Gasteiger partial charge is 0.204 e. The fraction of sp³-hybridized carbons (Fsp3) is 0.545. The third-order valence-corrected chi connectivity index (χ3v) is 7.91. The Labute approximate surface area is 166 Å². The maximum Gasteiger partial charge on any atom is 0.204 e. The van der Waals surface area contributed by atoms with E-state index in [1.54, 1.807) is 11.3 Å². The molecular weight excluding hydrogens is 354 g/mol. The number of thiazole rings is 1. The Kier molecular flexibility index (Phi) is 4.53. The van der Waals surface area contributed by atoms with E-state index in [0.717, 1.165) is 34.5 Å². The first kappa shape index (κ1) is 18.5. The first-order valence-electron chi connectivity index (χ1n) is 9.89. The molecule has 5 heteroatoms. The van der Waals surface area contributed by atoms with E-state index in [-0.39, 0.29) is 5.41 Å². The van der Waals surface area contributed by atoms with Gasteiger partial charge in [0.15, 0.2) is 0 Å². The third-order valence-electron chi connectivity index (χ3n) is 7.03. The summed E-state index contributed by atoms with van der Waals surface area (Å²) in [5.41, 5.74) is 7.28. The Morgan fingerprint density at radius 1 is 1.26 bits per heavy atom. The highest BCUT2D eigenvalue weighted by molar-refractivity contribution is 7.16. The highest BCUT2D eigenvalue weighted by atomic mass is 32.1. The summed E-state index contributed by atoms with van der Waals surface area (Å²) in [4.78, 5) is 5.99. The van der Waals surface area contributed by atoms with Crippen LogP contribution in [0.5, 0.6) is 5.75 Å². The topological polar surface area (TPSA) is 46.5 Å². The zero-order valence-electron chi connectivity index (χ0n) is 16.9. The molecule has 0 aliphatic heterocycles. The lowest BCUT2D eigenvalue weighted by atomic mass is 9.70. The normalized spacial score (nSPS) is 27.3. The highest BCUT2D eigenvalue weighted by Crippen LogP contribution is 2.63. The molecule has 0 saturated heterocycles. The van der Waals surface area contributed by atoms with Crippen LogP contribution in [0.15, 0.2) is 29.4 Å². The van der Waals surface area contributed by atoms with Gasteiger partial charge in [-0.05, 0) is 68.7 Å². The summed E-state index contributed by atoms with van der Waals surface area (Å²) in [6.07, 6.45) is 3.70. The number of rotatable bonds is 5. The maximum atomic E-state index is 5.53. The fourth-order valence-electron chi connectivity index (χ4n) is 4.80. The van der Waals surface area contributed by atoms with Crippen LogP contribution in [0.2, 0.25) is 0 Å². The van der Waals surface area contributed by atoms with Crippen LogP contribution in [-0.4, -0.2) is 17.3 Å². The number of hydrogen-bond donors (Lipinski definition) is 1. The van der Waals surface area contributed by atoms with Gasteiger partial charge < -0.3 is 4.74 Å². The molecule has 0 amide bonds. The van der Waals surface area contributed by atoms with Gasteiger partial charge in [-0.3, -0.25) is 5.43 Å². The molecule has 1 heterocycles. The minimum atomic E-state index is 0.217. The van der Waals surface area contributed by atoms with Crippen molar-refractivity contribution in [2.45, 2.75) is 53.9 Å². The van der Waals surface area contributed by atoms with Gasteiger partial charge in [0.1, 0.15) is 5.75 Å². The summed E-state index contributed by atoms with van der Waals surface area (Å²) < 4.78 is 5.53. The van der Waals surface area contributed by atoms with E-state index in [9.17, 15) is 0 Å². The van der Waals surface area contributed by atoms with Crippen LogP contribution >= 0.6 is 11.3 Å². The molecule has 2 atom stereocenters. The predicted octanol–water partition coefficient (Wildman–Crippen LogP) is 6.13. The van der Waals surface area contributed by atoms with Gasteiger partial charge in [-0.25, -0.2) is 4.98 Å². The molecule has 2 aliphatic rings. The summed E-state index contributed by atoms with van der Waals surface area (Å²) in [5.74, 6) is 1.66. The average molecular weight is 384 g/mol. The molecule has 27 heavy (non-hydrogen) atoms. The van der Waals surface area contributed by atoms with E-state index in [1.807, 2.05) is 19.1 Å². The lowest BCUT2D eigenvalue weighted by Gasteiger charge is -2.34. The van der Waals surface area contributed by atoms with Crippen molar-refractivity contribution in [1.82, 2.24) is 4.98 Å². The lowest BCUT2D eigenvalue weighted by Crippen LogP contribution is -2.32. The Balaban J connectivity index is 1.53. The minimum absolute atomic E-state index is 0.217. The second-order valence-corrected chi connectivity index (χ2v) is 9.75. The van der Waals surface area contributed by atoms with Gasteiger partial charge in [0.2, 0.25) is 5.13 Å². The van der Waals surface area contributed by atoms with Gasteiger partial charge in [-0.2, -0.15) is 5.10 Å². The second-order valence-electron chi connectivity index (χ2n) is 8.55. The molecule has 2 fully saturated rings. The molecule has 4 rings (SSSR count). The quantitative estimate of drug-likeness (QED) is 0.632. The Morgan fingerprint density at radius 3 is 2.59 bits per heavy atom. The van der Waals surface area contributed by atoms with Crippen molar-refractivity contribution in [3.63, 3.8) is 0 Å². The van der Waals surface area contributed by atoms with Crippen molar-refractivity contribution in [1.29, 1.82) is 0 Å². The Hall–Kier alpha value is -1.88. The standard InChI is InChI=1S/C22H29N3OS/c1-6-26-17-9-7-15(8-10-17)19-14(2)27-20(23-19)25-24-18-13-16-11-12-22(18,5)21(16,3)4/h7-10,16H,6,11-13H2,1-5H3,(H,23,25)/b24-18-/t16-,22+/m0/s1. The molecule has 2 bridgehead atoms. The Morgan fingerprint density at radius 2 is 2.00 bits per heavy atom. The van der Waals surface area contributed by atoms with Crippen LogP contribution in [0.3, 0.4) is 0 Å². The number of nitrogens with zero attached hydrogens (tertiary/aromatic N) is 2. The van der Waals surface area contributed by atoms with Crippen molar-refractivity contribution >= 4 is 22.2 Å². The van der Waals surface area contributed by atoms with Crippen molar-refractivity contribution in [2.24, 2.45) is 21.8 Å². The molecule has 2 saturated carbocycles. The zero-order chi connectivity index (χ0) is 19.2. The van der Waals surface area contributed by atoms with Crippen molar-refractivity contribution in [3.05, 3.63) is 29.1 Å². The third kappa shape index (κ3) is 2.96. The van der Waals surface area contributed by atoms with Crippen LogP contribution in [0.4, 0.5) is 5.13 Å². The summed E-state index contributed by atoms with van der Waals surface area (Å²) in [6.45, 7) is 12.0. The van der Waals surface area contributed by atoms with Gasteiger partial charge in [0, 0.05) is 21.6 Å². The highest BCUT2D eigenvalue weighted by Gasteiger charge is 2.59. The summed E-state index contributed by atoms with van der Waals surface area (Å²) in [6, 6.07) is 8.15. The number of aryl methyl sites for hydroxylation is 1. The summed E-state index contributed by atoms with van der Waals surface area (Å²) in [5, 5.41) is 5.69. The molecule has 1 N–H and O–H groups in total. The minimum Gasteiger partial charge on any atom is -0.494 e. The zero-order valence-corrected chi connectivity index (χ0v) is 17.7. The summed E-state index contributed by atoms with van der Waals surface area (Å²) in [7, 11) is 0. The fourth-order valence-corrected chi connectivity index (χ4v) is 5.58. The second kappa shape index (κ2) is 6.62. The molecule has 0 spiro atoms. The average Bonchev–Trinajstić information content (AvgIpc) is 3.18. The number of nitrogens with one attached hydrogen (secondary N) is 1. The number of hydrogen-bond acceptors (Lipinski definition) is 5. The van der Waals surface area contributed by atoms with Gasteiger partial charge in [0.25, 0.3) is 0 Å². The number of ether oxygens (including phenoxy) is 1. The number of hydrazone groups is 1. The van der Waals surface area contributed by atoms with E-state index >= 15 is 0 Å². The number of benzene rings is 1. The molecule has 0 radical (unpaired) electrons.